The van der Waals surface area contributed by atoms with Gasteiger partial charge in [-0.3, -0.25) is 9.13 Å². The average molecular weight is 313 g/mol. The average Bonchev–Trinajstić information content (AvgIpc) is 3.03. The molecule has 0 amide bonds. The summed E-state index contributed by atoms with van der Waals surface area (Å²) in [5, 5.41) is 8.45. The molecule has 0 aliphatic carbocycles. The van der Waals surface area contributed by atoms with Crippen LogP contribution < -0.4 is 5.69 Å². The van der Waals surface area contributed by atoms with Crippen molar-refractivity contribution in [2.45, 2.75) is 53.2 Å². The highest BCUT2D eigenvalue weighted by atomic mass is 16.1. The van der Waals surface area contributed by atoms with E-state index in [4.69, 9.17) is 0 Å². The van der Waals surface area contributed by atoms with Crippen LogP contribution in [-0.4, -0.2) is 23.9 Å². The van der Waals surface area contributed by atoms with E-state index in [2.05, 4.69) is 28.6 Å². The molecular formula is C17H23N5O. The molecule has 23 heavy (non-hydrogen) atoms. The monoisotopic (exact) mass is 313 g/mol. The maximum atomic E-state index is 12.8. The predicted molar refractivity (Wildman–Crippen MR) is 90.6 cm³/mol. The highest BCUT2D eigenvalue weighted by Gasteiger charge is 2.15. The molecule has 6 heteroatoms. The van der Waals surface area contributed by atoms with E-state index in [1.165, 1.54) is 0 Å². The molecule has 0 unspecified atom stereocenters. The van der Waals surface area contributed by atoms with Crippen LogP contribution in [0.5, 0.6) is 0 Å². The molecule has 0 spiro atoms. The second kappa shape index (κ2) is 6.40. The Morgan fingerprint density at radius 3 is 2.17 bits per heavy atom. The zero-order valence-electron chi connectivity index (χ0n) is 14.0. The summed E-state index contributed by atoms with van der Waals surface area (Å²) in [6.07, 6.45) is 1.94. The van der Waals surface area contributed by atoms with Crippen LogP contribution in [0.15, 0.2) is 29.1 Å². The van der Waals surface area contributed by atoms with Gasteiger partial charge in [-0.1, -0.05) is 26.0 Å². The first-order valence-corrected chi connectivity index (χ1v) is 8.24. The summed E-state index contributed by atoms with van der Waals surface area (Å²) in [6.45, 7) is 8.22. The molecule has 0 bridgehead atoms. The number of hydrogen-bond acceptors (Lipinski definition) is 3. The number of hydrogen-bond donors (Lipinski definition) is 0. The molecule has 2 heterocycles. The SMILES string of the molecule is CCCn1c(C)nnc1Cn1c(=O)n(CCC)c2ccccc21. The van der Waals surface area contributed by atoms with Crippen molar-refractivity contribution in [3.05, 3.63) is 46.4 Å². The third-order valence-corrected chi connectivity index (χ3v) is 4.13. The second-order valence-corrected chi connectivity index (χ2v) is 5.82. The van der Waals surface area contributed by atoms with Gasteiger partial charge in [0.25, 0.3) is 0 Å². The van der Waals surface area contributed by atoms with E-state index < -0.39 is 0 Å². The molecule has 122 valence electrons. The lowest BCUT2D eigenvalue weighted by Gasteiger charge is -2.07. The van der Waals surface area contributed by atoms with Gasteiger partial charge in [0.2, 0.25) is 0 Å². The van der Waals surface area contributed by atoms with Crippen LogP contribution >= 0.6 is 0 Å². The van der Waals surface area contributed by atoms with Crippen LogP contribution in [0.25, 0.3) is 11.0 Å². The molecule has 0 aliphatic rings. The summed E-state index contributed by atoms with van der Waals surface area (Å²) >= 11 is 0. The summed E-state index contributed by atoms with van der Waals surface area (Å²) in [7, 11) is 0. The molecule has 3 aromatic rings. The van der Waals surface area contributed by atoms with Crippen molar-refractivity contribution >= 4 is 11.0 Å². The minimum absolute atomic E-state index is 0.0248. The molecule has 0 N–H and O–H groups in total. The number of aromatic nitrogens is 5. The molecule has 2 aromatic heterocycles. The standard InChI is InChI=1S/C17H23N5O/c1-4-10-20-13(3)18-19-16(20)12-22-15-9-7-6-8-14(15)21(11-5-2)17(22)23/h6-9H,4-5,10-12H2,1-3H3. The van der Waals surface area contributed by atoms with Gasteiger partial charge in [0, 0.05) is 13.1 Å². The summed E-state index contributed by atoms with van der Waals surface area (Å²) < 4.78 is 5.75. The summed E-state index contributed by atoms with van der Waals surface area (Å²) in [6, 6.07) is 7.94. The minimum atomic E-state index is 0.0248. The van der Waals surface area contributed by atoms with E-state index in [-0.39, 0.29) is 5.69 Å². The fraction of sp³-hybridized carbons (Fsp3) is 0.471. The van der Waals surface area contributed by atoms with E-state index in [1.54, 1.807) is 4.57 Å². The third-order valence-electron chi connectivity index (χ3n) is 4.13. The first-order valence-electron chi connectivity index (χ1n) is 8.24. The van der Waals surface area contributed by atoms with Gasteiger partial charge in [-0.15, -0.1) is 10.2 Å². The number of benzene rings is 1. The van der Waals surface area contributed by atoms with E-state index in [9.17, 15) is 4.79 Å². The number of para-hydroxylation sites is 2. The Labute approximate surface area is 135 Å². The van der Waals surface area contributed by atoms with Gasteiger partial charge >= 0.3 is 5.69 Å². The zero-order valence-corrected chi connectivity index (χ0v) is 14.0. The lowest BCUT2D eigenvalue weighted by Crippen LogP contribution is -2.26. The number of aryl methyl sites for hydroxylation is 2. The normalized spacial score (nSPS) is 11.4. The van der Waals surface area contributed by atoms with E-state index in [0.717, 1.165) is 48.6 Å². The van der Waals surface area contributed by atoms with E-state index >= 15 is 0 Å². The van der Waals surface area contributed by atoms with Gasteiger partial charge in [0.05, 0.1) is 17.6 Å². The number of nitrogens with zero attached hydrogens (tertiary/aromatic N) is 5. The Morgan fingerprint density at radius 1 is 0.913 bits per heavy atom. The topological polar surface area (TPSA) is 57.6 Å². The van der Waals surface area contributed by atoms with Crippen LogP contribution in [0, 0.1) is 6.92 Å². The molecule has 0 fully saturated rings. The van der Waals surface area contributed by atoms with Gasteiger partial charge in [0.1, 0.15) is 5.82 Å². The zero-order chi connectivity index (χ0) is 16.4. The summed E-state index contributed by atoms with van der Waals surface area (Å²) in [5.41, 5.74) is 1.96. The van der Waals surface area contributed by atoms with Gasteiger partial charge < -0.3 is 4.57 Å². The van der Waals surface area contributed by atoms with Crippen molar-refractivity contribution in [3.8, 4) is 0 Å². The quantitative estimate of drug-likeness (QED) is 0.703. The first kappa shape index (κ1) is 15.5. The van der Waals surface area contributed by atoms with Crippen molar-refractivity contribution in [2.75, 3.05) is 0 Å². The maximum absolute atomic E-state index is 12.8. The summed E-state index contributed by atoms with van der Waals surface area (Å²) in [4.78, 5) is 12.8. The Hall–Kier alpha value is -2.37. The highest BCUT2D eigenvalue weighted by Crippen LogP contribution is 2.15. The van der Waals surface area contributed by atoms with Crippen LogP contribution in [0.4, 0.5) is 0 Å². The molecule has 6 nitrogen and oxygen atoms in total. The molecule has 0 radical (unpaired) electrons. The third kappa shape index (κ3) is 2.69. The molecule has 0 aliphatic heterocycles. The molecule has 0 atom stereocenters. The van der Waals surface area contributed by atoms with Crippen molar-refractivity contribution < 1.29 is 0 Å². The highest BCUT2D eigenvalue weighted by molar-refractivity contribution is 5.76. The number of rotatable bonds is 6. The molecule has 3 rings (SSSR count). The smallest absolute Gasteiger partial charge is 0.314 e. The Balaban J connectivity index is 2.11. The first-order chi connectivity index (χ1) is 11.2. The largest absolute Gasteiger partial charge is 0.329 e. The van der Waals surface area contributed by atoms with Gasteiger partial charge in [-0.25, -0.2) is 4.79 Å². The number of imidazole rings is 1. The van der Waals surface area contributed by atoms with Gasteiger partial charge in [-0.2, -0.15) is 0 Å². The second-order valence-electron chi connectivity index (χ2n) is 5.82. The van der Waals surface area contributed by atoms with E-state index in [0.29, 0.717) is 6.54 Å². The molecule has 0 saturated heterocycles. The van der Waals surface area contributed by atoms with Crippen molar-refractivity contribution in [1.82, 2.24) is 23.9 Å². The fourth-order valence-electron chi connectivity index (χ4n) is 3.06. The predicted octanol–water partition coefficient (Wildman–Crippen LogP) is 2.57. The van der Waals surface area contributed by atoms with Gasteiger partial charge in [-0.05, 0) is 31.9 Å². The Kier molecular flexibility index (Phi) is 4.32. The van der Waals surface area contributed by atoms with Crippen molar-refractivity contribution in [2.24, 2.45) is 0 Å². The van der Waals surface area contributed by atoms with Crippen molar-refractivity contribution in [3.63, 3.8) is 0 Å². The molecule has 0 saturated carbocycles. The lowest BCUT2D eigenvalue weighted by molar-refractivity contribution is 0.584. The van der Waals surface area contributed by atoms with Crippen LogP contribution in [0.2, 0.25) is 0 Å². The van der Waals surface area contributed by atoms with Crippen LogP contribution in [-0.2, 0) is 19.6 Å². The van der Waals surface area contributed by atoms with Crippen molar-refractivity contribution in [1.29, 1.82) is 0 Å². The van der Waals surface area contributed by atoms with E-state index in [1.807, 2.05) is 35.8 Å². The number of fused-ring (bicyclic) bond motifs is 1. The van der Waals surface area contributed by atoms with Crippen LogP contribution in [0.3, 0.4) is 0 Å². The maximum Gasteiger partial charge on any atom is 0.329 e. The fourth-order valence-corrected chi connectivity index (χ4v) is 3.06. The Bertz CT molecular complexity index is 871. The Morgan fingerprint density at radius 2 is 1.52 bits per heavy atom. The van der Waals surface area contributed by atoms with Gasteiger partial charge in [0.15, 0.2) is 5.82 Å². The molecule has 1 aromatic carbocycles. The van der Waals surface area contributed by atoms with Crippen LogP contribution in [0.1, 0.15) is 38.3 Å². The minimum Gasteiger partial charge on any atom is -0.314 e. The molecular weight excluding hydrogens is 290 g/mol. The lowest BCUT2D eigenvalue weighted by atomic mass is 10.3. The summed E-state index contributed by atoms with van der Waals surface area (Å²) in [5.74, 6) is 1.73.